The van der Waals surface area contributed by atoms with Gasteiger partial charge in [-0.1, -0.05) is 0 Å². The summed E-state index contributed by atoms with van der Waals surface area (Å²) in [4.78, 5) is 16.3. The van der Waals surface area contributed by atoms with Gasteiger partial charge in [0, 0.05) is 24.6 Å². The molecule has 2 aromatic rings. The third-order valence-electron chi connectivity index (χ3n) is 4.94. The highest BCUT2D eigenvalue weighted by Crippen LogP contribution is 2.29. The van der Waals surface area contributed by atoms with Crippen LogP contribution in [0, 0.1) is 5.82 Å². The van der Waals surface area contributed by atoms with E-state index in [-0.39, 0.29) is 17.6 Å². The fourth-order valence-electron chi connectivity index (χ4n) is 3.31. The van der Waals surface area contributed by atoms with Gasteiger partial charge in [0.1, 0.15) is 5.82 Å². The van der Waals surface area contributed by atoms with Crippen molar-refractivity contribution in [2.75, 3.05) is 32.7 Å². The molecule has 0 aliphatic carbocycles. The lowest BCUT2D eigenvalue weighted by Gasteiger charge is -2.31. The van der Waals surface area contributed by atoms with Crippen molar-refractivity contribution in [1.82, 2.24) is 20.0 Å². The fourth-order valence-corrected chi connectivity index (χ4v) is 3.31. The zero-order valence-electron chi connectivity index (χ0n) is 15.3. The Kier molecular flexibility index (Phi) is 5.98. The summed E-state index contributed by atoms with van der Waals surface area (Å²) in [5.74, 6) is 1.14. The normalized spacial score (nSPS) is 16.0. The Morgan fingerprint density at radius 1 is 1.19 bits per heavy atom. The molecule has 1 saturated heterocycles. The van der Waals surface area contributed by atoms with Crippen molar-refractivity contribution in [3.8, 4) is 11.5 Å². The van der Waals surface area contributed by atoms with Gasteiger partial charge in [0.2, 0.25) is 17.7 Å². The molecule has 140 valence electrons. The van der Waals surface area contributed by atoms with Crippen molar-refractivity contribution >= 4 is 5.91 Å². The average molecular weight is 360 g/mol. The summed E-state index contributed by atoms with van der Waals surface area (Å²) in [6.07, 6.45) is 1.77. The summed E-state index contributed by atoms with van der Waals surface area (Å²) >= 11 is 0. The van der Waals surface area contributed by atoms with Crippen LogP contribution in [0.25, 0.3) is 11.5 Å². The van der Waals surface area contributed by atoms with Gasteiger partial charge in [0.15, 0.2) is 0 Å². The lowest BCUT2D eigenvalue weighted by atomic mass is 9.97. The van der Waals surface area contributed by atoms with Crippen molar-refractivity contribution in [2.24, 2.45) is 0 Å². The van der Waals surface area contributed by atoms with Crippen LogP contribution in [-0.4, -0.2) is 58.6 Å². The summed E-state index contributed by atoms with van der Waals surface area (Å²) < 4.78 is 18.8. The van der Waals surface area contributed by atoms with E-state index in [1.807, 2.05) is 18.7 Å². The molecule has 6 nitrogen and oxygen atoms in total. The minimum Gasteiger partial charge on any atom is -0.420 e. The Hall–Kier alpha value is -2.28. The number of likely N-dealkylation sites (tertiary alicyclic amines) is 1. The molecule has 2 heterocycles. The van der Waals surface area contributed by atoms with Crippen LogP contribution in [0.15, 0.2) is 28.7 Å². The molecule has 26 heavy (non-hydrogen) atoms. The molecule has 1 fully saturated rings. The number of carbonyl (C=O) groups excluding carboxylic acids is 1. The molecule has 0 spiro atoms. The van der Waals surface area contributed by atoms with E-state index in [4.69, 9.17) is 4.42 Å². The summed E-state index contributed by atoms with van der Waals surface area (Å²) in [5, 5.41) is 8.27. The number of hydrogen-bond donors (Lipinski definition) is 0. The maximum Gasteiger partial charge on any atom is 0.247 e. The SMILES string of the molecule is CCN(CC)C(=O)CN1CCC(c2nnc(-c3ccc(F)cc3)o2)CC1. The highest BCUT2D eigenvalue weighted by Gasteiger charge is 2.26. The molecule has 0 atom stereocenters. The van der Waals surface area contributed by atoms with Crippen LogP contribution in [0.5, 0.6) is 0 Å². The topological polar surface area (TPSA) is 62.5 Å². The molecule has 1 aromatic carbocycles. The Morgan fingerprint density at radius 2 is 1.85 bits per heavy atom. The van der Waals surface area contributed by atoms with Crippen LogP contribution in [0.4, 0.5) is 4.39 Å². The van der Waals surface area contributed by atoms with Crippen molar-refractivity contribution in [3.05, 3.63) is 36.0 Å². The van der Waals surface area contributed by atoms with Gasteiger partial charge in [-0.05, 0) is 64.0 Å². The number of amides is 1. The number of aromatic nitrogens is 2. The first-order valence-corrected chi connectivity index (χ1v) is 9.20. The molecule has 1 aliphatic rings. The van der Waals surface area contributed by atoms with E-state index in [0.717, 1.165) is 39.0 Å². The first kappa shape index (κ1) is 18.5. The molecule has 0 radical (unpaired) electrons. The molecule has 0 bridgehead atoms. The third-order valence-corrected chi connectivity index (χ3v) is 4.94. The average Bonchev–Trinajstić information content (AvgIpc) is 3.14. The van der Waals surface area contributed by atoms with Crippen molar-refractivity contribution in [2.45, 2.75) is 32.6 Å². The molecular weight excluding hydrogens is 335 g/mol. The first-order valence-electron chi connectivity index (χ1n) is 9.20. The second-order valence-corrected chi connectivity index (χ2v) is 6.57. The molecule has 0 N–H and O–H groups in total. The number of hydrogen-bond acceptors (Lipinski definition) is 5. The molecule has 1 amide bonds. The van der Waals surface area contributed by atoms with Crippen LogP contribution in [-0.2, 0) is 4.79 Å². The number of likely N-dealkylation sites (N-methyl/N-ethyl adjacent to an activating group) is 1. The minimum absolute atomic E-state index is 0.185. The summed E-state index contributed by atoms with van der Waals surface area (Å²) in [7, 11) is 0. The van der Waals surface area contributed by atoms with E-state index in [1.54, 1.807) is 12.1 Å². The summed E-state index contributed by atoms with van der Waals surface area (Å²) in [5.41, 5.74) is 0.715. The van der Waals surface area contributed by atoms with E-state index >= 15 is 0 Å². The van der Waals surface area contributed by atoms with Gasteiger partial charge in [-0.15, -0.1) is 10.2 Å². The van der Waals surface area contributed by atoms with E-state index in [1.165, 1.54) is 12.1 Å². The summed E-state index contributed by atoms with van der Waals surface area (Å²) in [6.45, 7) is 7.65. The van der Waals surface area contributed by atoms with Crippen molar-refractivity contribution in [1.29, 1.82) is 0 Å². The van der Waals surface area contributed by atoms with Gasteiger partial charge in [-0.3, -0.25) is 9.69 Å². The number of carbonyl (C=O) groups is 1. The Bertz CT molecular complexity index is 719. The Balaban J connectivity index is 1.55. The van der Waals surface area contributed by atoms with E-state index in [9.17, 15) is 9.18 Å². The quantitative estimate of drug-likeness (QED) is 0.793. The Labute approximate surface area is 153 Å². The van der Waals surface area contributed by atoms with Crippen LogP contribution in [0.1, 0.15) is 38.5 Å². The zero-order valence-corrected chi connectivity index (χ0v) is 15.3. The maximum absolute atomic E-state index is 13.0. The molecule has 7 heteroatoms. The van der Waals surface area contributed by atoms with Gasteiger partial charge in [0.25, 0.3) is 0 Å². The lowest BCUT2D eigenvalue weighted by molar-refractivity contribution is -0.132. The van der Waals surface area contributed by atoms with Crippen LogP contribution in [0.2, 0.25) is 0 Å². The van der Waals surface area contributed by atoms with Gasteiger partial charge >= 0.3 is 0 Å². The highest BCUT2D eigenvalue weighted by molar-refractivity contribution is 5.78. The molecule has 1 aromatic heterocycles. The van der Waals surface area contributed by atoms with Gasteiger partial charge in [-0.2, -0.15) is 0 Å². The molecule has 3 rings (SSSR count). The maximum atomic E-state index is 13.0. The number of nitrogens with zero attached hydrogens (tertiary/aromatic N) is 4. The number of piperidine rings is 1. The second-order valence-electron chi connectivity index (χ2n) is 6.57. The van der Waals surface area contributed by atoms with Crippen LogP contribution >= 0.6 is 0 Å². The largest absolute Gasteiger partial charge is 0.420 e. The zero-order chi connectivity index (χ0) is 18.5. The van der Waals surface area contributed by atoms with Crippen molar-refractivity contribution < 1.29 is 13.6 Å². The van der Waals surface area contributed by atoms with Crippen LogP contribution < -0.4 is 0 Å². The third kappa shape index (κ3) is 4.27. The lowest BCUT2D eigenvalue weighted by Crippen LogP contribution is -2.43. The minimum atomic E-state index is -0.292. The second kappa shape index (κ2) is 8.40. The fraction of sp³-hybridized carbons (Fsp3) is 0.526. The predicted octanol–water partition coefficient (Wildman–Crippen LogP) is 2.92. The molecular formula is C19H25FN4O2. The van der Waals surface area contributed by atoms with Gasteiger partial charge in [-0.25, -0.2) is 4.39 Å². The summed E-state index contributed by atoms with van der Waals surface area (Å²) in [6, 6.07) is 6.03. The van der Waals surface area contributed by atoms with Crippen LogP contribution in [0.3, 0.4) is 0 Å². The van der Waals surface area contributed by atoms with Crippen molar-refractivity contribution in [3.63, 3.8) is 0 Å². The standard InChI is InChI=1S/C19H25FN4O2/c1-3-24(4-2)17(25)13-23-11-9-15(10-12-23)19-22-21-18(26-19)14-5-7-16(20)8-6-14/h5-8,15H,3-4,9-13H2,1-2H3. The smallest absolute Gasteiger partial charge is 0.247 e. The van der Waals surface area contributed by atoms with E-state index in [0.29, 0.717) is 23.9 Å². The predicted molar refractivity (Wildman–Crippen MR) is 96.0 cm³/mol. The van der Waals surface area contributed by atoms with E-state index < -0.39 is 0 Å². The first-order chi connectivity index (χ1) is 12.6. The molecule has 0 unspecified atom stereocenters. The van der Waals surface area contributed by atoms with Gasteiger partial charge in [0.05, 0.1) is 6.54 Å². The monoisotopic (exact) mass is 360 g/mol. The number of rotatable bonds is 6. The molecule has 0 saturated carbocycles. The number of benzene rings is 1. The van der Waals surface area contributed by atoms with Gasteiger partial charge < -0.3 is 9.32 Å². The van der Waals surface area contributed by atoms with E-state index in [2.05, 4.69) is 15.1 Å². The number of halogens is 1. The highest BCUT2D eigenvalue weighted by atomic mass is 19.1. The molecule has 1 aliphatic heterocycles. The Morgan fingerprint density at radius 3 is 2.46 bits per heavy atom.